The third-order valence-electron chi connectivity index (χ3n) is 4.92. The fraction of sp³-hybridized carbons (Fsp3) is 0.333. The summed E-state index contributed by atoms with van der Waals surface area (Å²) in [6.45, 7) is 0.861. The Morgan fingerprint density at radius 3 is 2.89 bits per heavy atom. The molecule has 0 aliphatic carbocycles. The van der Waals surface area contributed by atoms with E-state index in [2.05, 4.69) is 15.3 Å². The van der Waals surface area contributed by atoms with E-state index in [9.17, 15) is 14.4 Å². The van der Waals surface area contributed by atoms with Gasteiger partial charge in [-0.25, -0.2) is 4.98 Å². The molecule has 140 valence electrons. The number of halogens is 1. The van der Waals surface area contributed by atoms with Crippen molar-refractivity contribution < 1.29 is 14.4 Å². The third-order valence-corrected chi connectivity index (χ3v) is 5.15. The van der Waals surface area contributed by atoms with Gasteiger partial charge in [0.1, 0.15) is 12.1 Å². The molecule has 2 aliphatic rings. The van der Waals surface area contributed by atoms with Gasteiger partial charge in [0, 0.05) is 42.0 Å². The van der Waals surface area contributed by atoms with Crippen molar-refractivity contribution in [1.82, 2.24) is 25.1 Å². The highest BCUT2D eigenvalue weighted by Crippen LogP contribution is 2.20. The lowest BCUT2D eigenvalue weighted by atomic mass is 10.0. The summed E-state index contributed by atoms with van der Waals surface area (Å²) in [4.78, 5) is 48.1. The van der Waals surface area contributed by atoms with Crippen LogP contribution in [0.25, 0.3) is 0 Å². The number of hydrogen-bond acceptors (Lipinski definition) is 4. The number of benzene rings is 1. The summed E-state index contributed by atoms with van der Waals surface area (Å²) in [6, 6.07) is 5.40. The molecular formula is C18H18ClN5O3. The number of aromatic amines is 1. The lowest BCUT2D eigenvalue weighted by molar-refractivity contribution is -0.152. The SMILES string of the molecule is O=C1N[C@H](Cc2cnc[nH]2)C(=O)N2CCN(C(=O)c3cccc(Cl)c3)C[C@@H]12. The first-order chi connectivity index (χ1) is 13.0. The standard InChI is InChI=1S/C18H18ClN5O3/c19-12-3-1-2-11(6-12)17(26)23-4-5-24-15(9-23)16(25)22-14(18(24)27)7-13-8-20-10-21-13/h1-3,6,8,10,14-15H,4-5,7,9H2,(H,20,21)(H,22,25)/t14-,15+/m1/s1. The van der Waals surface area contributed by atoms with E-state index >= 15 is 0 Å². The van der Waals surface area contributed by atoms with E-state index < -0.39 is 12.1 Å². The summed E-state index contributed by atoms with van der Waals surface area (Å²) in [6.07, 6.45) is 3.53. The van der Waals surface area contributed by atoms with Crippen molar-refractivity contribution in [1.29, 1.82) is 0 Å². The largest absolute Gasteiger partial charge is 0.348 e. The highest BCUT2D eigenvalue weighted by Gasteiger charge is 2.44. The van der Waals surface area contributed by atoms with Crippen molar-refractivity contribution in [3.8, 4) is 0 Å². The molecule has 1 aromatic heterocycles. The van der Waals surface area contributed by atoms with E-state index in [4.69, 9.17) is 11.6 Å². The van der Waals surface area contributed by atoms with Crippen LogP contribution in [0.5, 0.6) is 0 Å². The summed E-state index contributed by atoms with van der Waals surface area (Å²) in [7, 11) is 0. The molecule has 0 radical (unpaired) electrons. The molecule has 0 saturated carbocycles. The minimum atomic E-state index is -0.674. The van der Waals surface area contributed by atoms with Gasteiger partial charge in [-0.3, -0.25) is 14.4 Å². The van der Waals surface area contributed by atoms with Gasteiger partial charge in [-0.05, 0) is 18.2 Å². The first-order valence-electron chi connectivity index (χ1n) is 8.66. The number of piperazine rings is 2. The molecule has 1 aromatic carbocycles. The molecule has 0 unspecified atom stereocenters. The zero-order valence-electron chi connectivity index (χ0n) is 14.4. The molecule has 2 saturated heterocycles. The first kappa shape index (κ1) is 17.5. The van der Waals surface area contributed by atoms with Gasteiger partial charge in [-0.15, -0.1) is 0 Å². The van der Waals surface area contributed by atoms with Crippen molar-refractivity contribution >= 4 is 29.3 Å². The van der Waals surface area contributed by atoms with Gasteiger partial charge >= 0.3 is 0 Å². The molecule has 4 rings (SSSR count). The fourth-order valence-corrected chi connectivity index (χ4v) is 3.73. The smallest absolute Gasteiger partial charge is 0.254 e. The van der Waals surface area contributed by atoms with E-state index in [-0.39, 0.29) is 24.3 Å². The lowest BCUT2D eigenvalue weighted by Gasteiger charge is -2.45. The third kappa shape index (κ3) is 3.40. The van der Waals surface area contributed by atoms with Gasteiger partial charge in [-0.2, -0.15) is 0 Å². The summed E-state index contributed by atoms with van der Waals surface area (Å²) >= 11 is 5.96. The number of amides is 3. The zero-order chi connectivity index (χ0) is 19.0. The number of carbonyl (C=O) groups is 3. The molecule has 2 aromatic rings. The van der Waals surface area contributed by atoms with E-state index in [1.807, 2.05) is 0 Å². The van der Waals surface area contributed by atoms with Crippen molar-refractivity contribution in [2.24, 2.45) is 0 Å². The molecule has 2 atom stereocenters. The van der Waals surface area contributed by atoms with Crippen LogP contribution >= 0.6 is 11.6 Å². The number of carbonyl (C=O) groups excluding carboxylic acids is 3. The molecule has 3 heterocycles. The molecule has 27 heavy (non-hydrogen) atoms. The number of rotatable bonds is 3. The Kier molecular flexibility index (Phi) is 4.57. The van der Waals surface area contributed by atoms with Gasteiger partial charge in [0.25, 0.3) is 5.91 Å². The average Bonchev–Trinajstić information content (AvgIpc) is 3.18. The first-order valence-corrected chi connectivity index (χ1v) is 9.03. The number of imidazole rings is 1. The Balaban J connectivity index is 1.47. The van der Waals surface area contributed by atoms with Crippen LogP contribution in [0.3, 0.4) is 0 Å². The molecule has 0 bridgehead atoms. The Hall–Kier alpha value is -2.87. The van der Waals surface area contributed by atoms with Crippen LogP contribution in [0.2, 0.25) is 5.02 Å². The second kappa shape index (κ2) is 7.03. The molecule has 0 spiro atoms. The van der Waals surface area contributed by atoms with Crippen LogP contribution in [-0.2, 0) is 16.0 Å². The molecular weight excluding hydrogens is 370 g/mol. The summed E-state index contributed by atoms with van der Waals surface area (Å²) in [5.41, 5.74) is 1.25. The fourth-order valence-electron chi connectivity index (χ4n) is 3.54. The normalized spacial score (nSPS) is 22.4. The van der Waals surface area contributed by atoms with Crippen LogP contribution in [-0.4, -0.2) is 69.2 Å². The molecule has 9 heteroatoms. The van der Waals surface area contributed by atoms with E-state index in [0.29, 0.717) is 30.1 Å². The van der Waals surface area contributed by atoms with Crippen LogP contribution in [0.4, 0.5) is 0 Å². The van der Waals surface area contributed by atoms with Gasteiger partial charge in [0.05, 0.1) is 12.9 Å². The second-order valence-corrected chi connectivity index (χ2v) is 7.09. The zero-order valence-corrected chi connectivity index (χ0v) is 15.1. The minimum Gasteiger partial charge on any atom is -0.348 e. The second-order valence-electron chi connectivity index (χ2n) is 6.65. The van der Waals surface area contributed by atoms with Gasteiger partial charge in [0.2, 0.25) is 11.8 Å². The summed E-state index contributed by atoms with van der Waals surface area (Å²) < 4.78 is 0. The number of aromatic nitrogens is 2. The Morgan fingerprint density at radius 2 is 2.15 bits per heavy atom. The predicted octanol–water partition coefficient (Wildman–Crippen LogP) is 0.457. The highest BCUT2D eigenvalue weighted by atomic mass is 35.5. The maximum Gasteiger partial charge on any atom is 0.254 e. The Morgan fingerprint density at radius 1 is 1.30 bits per heavy atom. The summed E-state index contributed by atoms with van der Waals surface area (Å²) in [5, 5.41) is 3.25. The Labute approximate surface area is 160 Å². The minimum absolute atomic E-state index is 0.135. The Bertz CT molecular complexity index is 885. The molecule has 2 fully saturated rings. The van der Waals surface area contributed by atoms with Crippen LogP contribution in [0, 0.1) is 0 Å². The van der Waals surface area contributed by atoms with E-state index in [1.54, 1.807) is 40.3 Å². The number of fused-ring (bicyclic) bond motifs is 1. The van der Waals surface area contributed by atoms with Crippen LogP contribution < -0.4 is 5.32 Å². The van der Waals surface area contributed by atoms with Crippen LogP contribution in [0.1, 0.15) is 16.1 Å². The average molecular weight is 388 g/mol. The number of hydrogen-bond donors (Lipinski definition) is 2. The van der Waals surface area contributed by atoms with Gasteiger partial charge < -0.3 is 20.1 Å². The van der Waals surface area contributed by atoms with Crippen molar-refractivity contribution in [2.45, 2.75) is 18.5 Å². The number of nitrogens with one attached hydrogen (secondary N) is 2. The van der Waals surface area contributed by atoms with Gasteiger partial charge in [0.15, 0.2) is 0 Å². The van der Waals surface area contributed by atoms with Crippen molar-refractivity contribution in [2.75, 3.05) is 19.6 Å². The molecule has 8 nitrogen and oxygen atoms in total. The van der Waals surface area contributed by atoms with Crippen molar-refractivity contribution in [3.63, 3.8) is 0 Å². The van der Waals surface area contributed by atoms with E-state index in [0.717, 1.165) is 5.69 Å². The van der Waals surface area contributed by atoms with Gasteiger partial charge in [-0.1, -0.05) is 17.7 Å². The predicted molar refractivity (Wildman–Crippen MR) is 97.1 cm³/mol. The maximum absolute atomic E-state index is 12.8. The highest BCUT2D eigenvalue weighted by molar-refractivity contribution is 6.30. The van der Waals surface area contributed by atoms with Crippen LogP contribution in [0.15, 0.2) is 36.8 Å². The molecule has 3 amide bonds. The quantitative estimate of drug-likeness (QED) is 0.799. The van der Waals surface area contributed by atoms with Crippen molar-refractivity contribution in [3.05, 3.63) is 53.1 Å². The van der Waals surface area contributed by atoms with E-state index in [1.165, 1.54) is 6.33 Å². The number of nitrogens with zero attached hydrogens (tertiary/aromatic N) is 3. The topological polar surface area (TPSA) is 98.4 Å². The maximum atomic E-state index is 12.8. The molecule has 2 aliphatic heterocycles. The molecule has 2 N–H and O–H groups in total. The monoisotopic (exact) mass is 387 g/mol. The lowest BCUT2D eigenvalue weighted by Crippen LogP contribution is -2.70. The summed E-state index contributed by atoms with van der Waals surface area (Å²) in [5.74, 6) is -0.580. The number of H-pyrrole nitrogens is 1.